The van der Waals surface area contributed by atoms with E-state index in [0.717, 1.165) is 11.1 Å². The van der Waals surface area contributed by atoms with E-state index >= 15 is 0 Å². The number of amides is 1. The Labute approximate surface area is 194 Å². The van der Waals surface area contributed by atoms with E-state index in [4.69, 9.17) is 9.47 Å². The van der Waals surface area contributed by atoms with E-state index in [1.165, 1.54) is 4.90 Å². The van der Waals surface area contributed by atoms with Crippen molar-refractivity contribution in [2.24, 2.45) is 0 Å². The van der Waals surface area contributed by atoms with Crippen molar-refractivity contribution in [2.75, 3.05) is 4.90 Å². The van der Waals surface area contributed by atoms with Crippen molar-refractivity contribution in [1.29, 1.82) is 0 Å². The van der Waals surface area contributed by atoms with Gasteiger partial charge in [-0.25, -0.2) is 14.5 Å². The monoisotopic (exact) mass is 441 g/mol. The summed E-state index contributed by atoms with van der Waals surface area (Å²) in [4.78, 5) is 27.9. The highest BCUT2D eigenvalue weighted by Gasteiger charge is 2.46. The molecule has 168 valence electrons. The van der Waals surface area contributed by atoms with Gasteiger partial charge in [-0.05, 0) is 43.5 Å². The molecule has 1 amide bonds. The molecule has 0 saturated carbocycles. The molecule has 4 rings (SSSR count). The summed E-state index contributed by atoms with van der Waals surface area (Å²) in [6.45, 7) is 9.35. The number of fused-ring (bicyclic) bond motifs is 1. The Morgan fingerprint density at radius 2 is 1.42 bits per heavy atom. The molecular weight excluding hydrogens is 414 g/mol. The molecule has 0 fully saturated rings. The molecule has 0 saturated heterocycles. The number of ether oxygens (including phenoxy) is 2. The van der Waals surface area contributed by atoms with E-state index in [9.17, 15) is 9.59 Å². The molecule has 0 aromatic heterocycles. The van der Waals surface area contributed by atoms with E-state index < -0.39 is 23.9 Å². The highest BCUT2D eigenvalue weighted by Crippen LogP contribution is 2.46. The molecule has 0 bridgehead atoms. The molecule has 0 spiro atoms. The molecule has 1 heterocycles. The zero-order valence-electron chi connectivity index (χ0n) is 19.0. The van der Waals surface area contributed by atoms with Gasteiger partial charge in [0.25, 0.3) is 0 Å². The summed E-state index contributed by atoms with van der Waals surface area (Å²) < 4.78 is 11.7. The number of rotatable bonds is 4. The number of carbonyl (C=O) groups excluding carboxylic acids is 2. The molecule has 3 aromatic rings. The number of nitrogens with zero attached hydrogens (tertiary/aromatic N) is 1. The highest BCUT2D eigenvalue weighted by atomic mass is 16.6. The van der Waals surface area contributed by atoms with Gasteiger partial charge in [0.05, 0.1) is 17.2 Å². The Hall–Kier alpha value is -3.86. The predicted octanol–water partition coefficient (Wildman–Crippen LogP) is 6.16. The van der Waals surface area contributed by atoms with E-state index in [2.05, 4.69) is 6.58 Å². The van der Waals surface area contributed by atoms with Crippen molar-refractivity contribution >= 4 is 23.3 Å². The van der Waals surface area contributed by atoms with Gasteiger partial charge in [0.1, 0.15) is 5.60 Å². The molecule has 0 N–H and O–H groups in total. The fraction of sp³-hybridized carbons (Fsp3) is 0.214. The molecule has 0 radical (unpaired) electrons. The lowest BCUT2D eigenvalue weighted by atomic mass is 9.92. The number of esters is 1. The lowest BCUT2D eigenvalue weighted by molar-refractivity contribution is -0.141. The van der Waals surface area contributed by atoms with Crippen LogP contribution in [-0.2, 0) is 14.3 Å². The Kier molecular flexibility index (Phi) is 6.05. The summed E-state index contributed by atoms with van der Waals surface area (Å²) >= 11 is 0. The van der Waals surface area contributed by atoms with Crippen LogP contribution in [0.3, 0.4) is 0 Å². The fourth-order valence-electron chi connectivity index (χ4n) is 3.99. The maximum absolute atomic E-state index is 13.3. The molecule has 2 unspecified atom stereocenters. The maximum Gasteiger partial charge on any atom is 0.417 e. The summed E-state index contributed by atoms with van der Waals surface area (Å²) in [6, 6.07) is 26.4. The average Bonchev–Trinajstić information content (AvgIpc) is 3.12. The lowest BCUT2D eigenvalue weighted by Crippen LogP contribution is -2.45. The smallest absolute Gasteiger partial charge is 0.417 e. The molecular formula is C28H27NO4. The highest BCUT2D eigenvalue weighted by molar-refractivity contribution is 6.15. The first kappa shape index (κ1) is 22.3. The van der Waals surface area contributed by atoms with Crippen LogP contribution in [0, 0.1) is 0 Å². The zero-order chi connectivity index (χ0) is 23.6. The van der Waals surface area contributed by atoms with E-state index in [-0.39, 0.29) is 11.5 Å². The van der Waals surface area contributed by atoms with Gasteiger partial charge in [-0.1, -0.05) is 85.4 Å². The van der Waals surface area contributed by atoms with Crippen molar-refractivity contribution in [3.8, 4) is 0 Å². The minimum Gasteiger partial charge on any atom is -0.443 e. The van der Waals surface area contributed by atoms with Crippen LogP contribution in [0.25, 0.3) is 5.57 Å². The fourth-order valence-corrected chi connectivity index (χ4v) is 3.99. The van der Waals surface area contributed by atoms with Crippen LogP contribution < -0.4 is 4.90 Å². The first-order valence-corrected chi connectivity index (χ1v) is 10.9. The van der Waals surface area contributed by atoms with E-state index in [1.54, 1.807) is 32.9 Å². The van der Waals surface area contributed by atoms with Crippen LogP contribution in [0.4, 0.5) is 10.5 Å². The third-order valence-electron chi connectivity index (χ3n) is 5.42. The Morgan fingerprint density at radius 1 is 0.848 bits per heavy atom. The summed E-state index contributed by atoms with van der Waals surface area (Å²) in [7, 11) is 0. The minimum atomic E-state index is -0.924. The molecule has 1 aliphatic rings. The average molecular weight is 442 g/mol. The molecule has 1 aliphatic heterocycles. The Balaban J connectivity index is 1.76. The second kappa shape index (κ2) is 8.94. The van der Waals surface area contributed by atoms with Crippen LogP contribution >= 0.6 is 0 Å². The molecule has 5 heteroatoms. The number of hydrogen-bond donors (Lipinski definition) is 0. The first-order valence-electron chi connectivity index (χ1n) is 10.9. The zero-order valence-corrected chi connectivity index (χ0v) is 19.0. The molecule has 2 atom stereocenters. The minimum absolute atomic E-state index is 0.225. The second-order valence-electron chi connectivity index (χ2n) is 8.94. The Morgan fingerprint density at radius 3 is 2.06 bits per heavy atom. The normalized spacial score (nSPS) is 17.2. The summed E-state index contributed by atoms with van der Waals surface area (Å²) in [5, 5.41) is 0. The van der Waals surface area contributed by atoms with E-state index in [1.807, 2.05) is 72.8 Å². The lowest BCUT2D eigenvalue weighted by Gasteiger charge is -2.31. The number of carbonyl (C=O) groups is 2. The van der Waals surface area contributed by atoms with Crippen molar-refractivity contribution in [3.63, 3.8) is 0 Å². The van der Waals surface area contributed by atoms with Gasteiger partial charge in [0, 0.05) is 0 Å². The van der Waals surface area contributed by atoms with Crippen LogP contribution in [0.15, 0.2) is 91.5 Å². The van der Waals surface area contributed by atoms with Crippen LogP contribution in [0.2, 0.25) is 0 Å². The van der Waals surface area contributed by atoms with Crippen molar-refractivity contribution < 1.29 is 19.1 Å². The maximum atomic E-state index is 13.3. The van der Waals surface area contributed by atoms with Crippen LogP contribution in [0.5, 0.6) is 0 Å². The van der Waals surface area contributed by atoms with Gasteiger partial charge >= 0.3 is 12.1 Å². The van der Waals surface area contributed by atoms with Gasteiger partial charge in [-0.15, -0.1) is 0 Å². The van der Waals surface area contributed by atoms with Crippen molar-refractivity contribution in [1.82, 2.24) is 0 Å². The molecule has 33 heavy (non-hydrogen) atoms. The molecule has 3 aromatic carbocycles. The van der Waals surface area contributed by atoms with Crippen LogP contribution in [-0.4, -0.2) is 23.9 Å². The number of anilines is 1. The third kappa shape index (κ3) is 4.67. The second-order valence-corrected chi connectivity index (χ2v) is 8.94. The SMILES string of the molecule is C=C(C(=O)OC1C(c2ccccc2)c2ccccc2N1C(=O)OC(C)(C)C)c1ccccc1. The van der Waals surface area contributed by atoms with Crippen LogP contribution in [0.1, 0.15) is 43.4 Å². The molecule has 5 nitrogen and oxygen atoms in total. The van der Waals surface area contributed by atoms with Gasteiger partial charge in [0.15, 0.2) is 6.23 Å². The number of benzene rings is 3. The summed E-state index contributed by atoms with van der Waals surface area (Å²) in [5.74, 6) is -0.962. The summed E-state index contributed by atoms with van der Waals surface area (Å²) in [6.07, 6.45) is -1.50. The van der Waals surface area contributed by atoms with Crippen molar-refractivity contribution in [2.45, 2.75) is 38.5 Å². The quantitative estimate of drug-likeness (QED) is 0.360. The molecule has 0 aliphatic carbocycles. The largest absolute Gasteiger partial charge is 0.443 e. The van der Waals surface area contributed by atoms with Gasteiger partial charge < -0.3 is 9.47 Å². The third-order valence-corrected chi connectivity index (χ3v) is 5.42. The number of para-hydroxylation sites is 1. The van der Waals surface area contributed by atoms with Gasteiger partial charge in [0.2, 0.25) is 0 Å². The first-order chi connectivity index (χ1) is 15.8. The topological polar surface area (TPSA) is 55.8 Å². The number of hydrogen-bond acceptors (Lipinski definition) is 4. The van der Waals surface area contributed by atoms with E-state index in [0.29, 0.717) is 11.3 Å². The predicted molar refractivity (Wildman–Crippen MR) is 129 cm³/mol. The standard InChI is InChI=1S/C28H27NO4/c1-19(20-13-7-5-8-14-20)26(30)32-25-24(21-15-9-6-10-16-21)22-17-11-12-18-23(22)29(25)27(31)33-28(2,3)4/h5-18,24-25H,1H2,2-4H3. The van der Waals surface area contributed by atoms with Gasteiger partial charge in [-0.3, -0.25) is 0 Å². The summed E-state index contributed by atoms with van der Waals surface area (Å²) in [5.41, 5.74) is 2.65. The van der Waals surface area contributed by atoms with Gasteiger partial charge in [-0.2, -0.15) is 0 Å². The van der Waals surface area contributed by atoms with Crippen molar-refractivity contribution in [3.05, 3.63) is 108 Å². The Bertz CT molecular complexity index is 1170.